The number of allylic oxidation sites excluding steroid dienone is 1. The number of nitrogens with zero attached hydrogens (tertiary/aromatic N) is 2. The summed E-state index contributed by atoms with van der Waals surface area (Å²) >= 11 is 1.11. The number of carbonyl (C=O) groups excluding carboxylic acids is 3. The Balaban J connectivity index is 2.37. The maximum Gasteiger partial charge on any atom is 0.337 e. The molecule has 0 fully saturated rings. The molecule has 0 aromatic heterocycles. The molecule has 2 aliphatic rings. The molecule has 148 valence electrons. The van der Waals surface area contributed by atoms with E-state index in [1.807, 2.05) is 6.07 Å². The maximum atomic E-state index is 12.3. The number of urea groups is 1. The average Bonchev–Trinajstić information content (AvgIpc) is 2.59. The van der Waals surface area contributed by atoms with Crippen molar-refractivity contribution in [3.63, 3.8) is 0 Å². The highest BCUT2D eigenvalue weighted by Gasteiger charge is 2.44. The first-order valence-electron chi connectivity index (χ1n) is 8.63. The van der Waals surface area contributed by atoms with E-state index in [0.29, 0.717) is 10.7 Å². The summed E-state index contributed by atoms with van der Waals surface area (Å²) in [6.07, 6.45) is 0. The molecule has 2 rings (SSSR count). The third-order valence-corrected chi connectivity index (χ3v) is 5.59. The summed E-state index contributed by atoms with van der Waals surface area (Å²) in [5.41, 5.74) is -0.0597. The molecule has 28 heavy (non-hydrogen) atoms. The number of hydrogen-bond acceptors (Lipinski definition) is 7. The quantitative estimate of drug-likeness (QED) is 0.586. The number of nitriles is 2. The second kappa shape index (κ2) is 8.36. The Hall–Kier alpha value is -2.98. The van der Waals surface area contributed by atoms with Gasteiger partial charge < -0.3 is 20.7 Å². The van der Waals surface area contributed by atoms with Crippen molar-refractivity contribution in [1.82, 2.24) is 16.0 Å². The number of carbonyl (C=O) groups is 3. The summed E-state index contributed by atoms with van der Waals surface area (Å²) in [5, 5.41) is 27.0. The van der Waals surface area contributed by atoms with Crippen LogP contribution >= 0.6 is 11.8 Å². The highest BCUT2D eigenvalue weighted by atomic mass is 32.2. The number of amides is 3. The Morgan fingerprint density at radius 3 is 2.54 bits per heavy atom. The van der Waals surface area contributed by atoms with Gasteiger partial charge in [-0.15, -0.1) is 11.8 Å². The first-order chi connectivity index (χ1) is 13.2. The van der Waals surface area contributed by atoms with E-state index in [0.717, 1.165) is 11.8 Å². The van der Waals surface area contributed by atoms with Crippen molar-refractivity contribution in [1.29, 1.82) is 10.5 Å². The summed E-state index contributed by atoms with van der Waals surface area (Å²) in [6, 6.07) is 3.01. The minimum Gasteiger partial charge on any atom is -0.463 e. The molecule has 9 nitrogen and oxygen atoms in total. The van der Waals surface area contributed by atoms with Crippen LogP contribution in [0.25, 0.3) is 0 Å². The van der Waals surface area contributed by atoms with Gasteiger partial charge in [0.25, 0.3) is 0 Å². The SMILES string of the molecule is CCOC(=O)C1=C(CSC2=C(C#N)C(C)(C)[C@@H](C#N)C(=O)N2)NC(=O)N[C@@H]1C. The van der Waals surface area contributed by atoms with Gasteiger partial charge >= 0.3 is 12.0 Å². The van der Waals surface area contributed by atoms with Crippen LogP contribution in [0.1, 0.15) is 27.7 Å². The standard InChI is InChI=1S/C18H21N5O4S/c1-5-27-16(25)13-9(2)21-17(26)22-12(13)8-28-15-11(7-20)18(3,4)10(6-19)14(24)23-15/h9-10H,5,8H2,1-4H3,(H,23,24)(H2,21,22,26)/t9-,10+/m1/s1. The molecule has 0 saturated carbocycles. The van der Waals surface area contributed by atoms with E-state index in [2.05, 4.69) is 22.0 Å². The van der Waals surface area contributed by atoms with E-state index in [1.165, 1.54) is 0 Å². The predicted molar refractivity (Wildman–Crippen MR) is 101 cm³/mol. The molecule has 0 aromatic rings. The summed E-state index contributed by atoms with van der Waals surface area (Å²) in [7, 11) is 0. The van der Waals surface area contributed by atoms with Crippen LogP contribution < -0.4 is 16.0 Å². The largest absolute Gasteiger partial charge is 0.463 e. The monoisotopic (exact) mass is 403 g/mol. The van der Waals surface area contributed by atoms with Crippen molar-refractivity contribution in [2.45, 2.75) is 33.7 Å². The Morgan fingerprint density at radius 1 is 1.29 bits per heavy atom. The average molecular weight is 403 g/mol. The van der Waals surface area contributed by atoms with Gasteiger partial charge in [0.1, 0.15) is 5.92 Å². The van der Waals surface area contributed by atoms with Gasteiger partial charge in [-0.1, -0.05) is 13.8 Å². The van der Waals surface area contributed by atoms with E-state index >= 15 is 0 Å². The Morgan fingerprint density at radius 2 is 1.96 bits per heavy atom. The molecule has 0 radical (unpaired) electrons. The van der Waals surface area contributed by atoms with Crippen LogP contribution in [0.2, 0.25) is 0 Å². The molecular formula is C18H21N5O4S. The maximum absolute atomic E-state index is 12.3. The minimum absolute atomic E-state index is 0.125. The lowest BCUT2D eigenvalue weighted by molar-refractivity contribution is -0.139. The first-order valence-corrected chi connectivity index (χ1v) is 9.61. The molecule has 3 N–H and O–H groups in total. The van der Waals surface area contributed by atoms with Gasteiger partial charge in [-0.05, 0) is 13.8 Å². The molecule has 2 atom stereocenters. The van der Waals surface area contributed by atoms with Crippen LogP contribution in [0, 0.1) is 34.0 Å². The van der Waals surface area contributed by atoms with Crippen molar-refractivity contribution in [3.8, 4) is 12.1 Å². The van der Waals surface area contributed by atoms with Crippen LogP contribution in [-0.4, -0.2) is 36.3 Å². The highest BCUT2D eigenvalue weighted by molar-refractivity contribution is 8.03. The van der Waals surface area contributed by atoms with Crippen molar-refractivity contribution < 1.29 is 19.1 Å². The predicted octanol–water partition coefficient (Wildman–Crippen LogP) is 1.27. The van der Waals surface area contributed by atoms with Crippen molar-refractivity contribution in [2.24, 2.45) is 11.3 Å². The van der Waals surface area contributed by atoms with E-state index in [1.54, 1.807) is 27.7 Å². The minimum atomic E-state index is -0.987. The van der Waals surface area contributed by atoms with Gasteiger partial charge in [0.15, 0.2) is 0 Å². The Kier molecular flexibility index (Phi) is 6.37. The lowest BCUT2D eigenvalue weighted by atomic mass is 9.72. The van der Waals surface area contributed by atoms with E-state index in [9.17, 15) is 24.9 Å². The van der Waals surface area contributed by atoms with E-state index in [-0.39, 0.29) is 23.5 Å². The van der Waals surface area contributed by atoms with Crippen LogP contribution in [0.4, 0.5) is 4.79 Å². The number of ether oxygens (including phenoxy) is 1. The first kappa shape index (κ1) is 21.3. The third-order valence-electron chi connectivity index (χ3n) is 4.56. The zero-order chi connectivity index (χ0) is 21.1. The van der Waals surface area contributed by atoms with Crippen molar-refractivity contribution in [3.05, 3.63) is 21.9 Å². The van der Waals surface area contributed by atoms with Gasteiger partial charge in [0.05, 0.1) is 41.0 Å². The van der Waals surface area contributed by atoms with Gasteiger partial charge in [-0.2, -0.15) is 10.5 Å². The summed E-state index contributed by atoms with van der Waals surface area (Å²) in [6.45, 7) is 6.86. The van der Waals surface area contributed by atoms with Gasteiger partial charge in [0, 0.05) is 16.9 Å². The van der Waals surface area contributed by atoms with E-state index in [4.69, 9.17) is 4.74 Å². The van der Waals surface area contributed by atoms with Gasteiger partial charge in [-0.3, -0.25) is 4.79 Å². The fourth-order valence-electron chi connectivity index (χ4n) is 3.07. The Labute approximate surface area is 167 Å². The van der Waals surface area contributed by atoms with Gasteiger partial charge in [0.2, 0.25) is 5.91 Å². The van der Waals surface area contributed by atoms with Crippen molar-refractivity contribution in [2.75, 3.05) is 12.4 Å². The van der Waals surface area contributed by atoms with Crippen LogP contribution in [0.5, 0.6) is 0 Å². The number of thioether (sulfide) groups is 1. The van der Waals surface area contributed by atoms with E-state index < -0.39 is 35.3 Å². The fraction of sp³-hybridized carbons (Fsp3) is 0.500. The third kappa shape index (κ3) is 3.97. The van der Waals surface area contributed by atoms with Crippen molar-refractivity contribution >= 4 is 29.7 Å². The van der Waals surface area contributed by atoms with Gasteiger partial charge in [-0.25, -0.2) is 9.59 Å². The molecule has 0 aromatic carbocycles. The topological polar surface area (TPSA) is 144 Å². The van der Waals surface area contributed by atoms with Crippen LogP contribution in [-0.2, 0) is 14.3 Å². The number of nitrogens with one attached hydrogen (secondary N) is 3. The molecule has 0 aliphatic carbocycles. The lowest BCUT2D eigenvalue weighted by Gasteiger charge is -2.34. The second-order valence-electron chi connectivity index (χ2n) is 6.81. The number of hydrogen-bond donors (Lipinski definition) is 3. The summed E-state index contributed by atoms with van der Waals surface area (Å²) < 4.78 is 5.06. The smallest absolute Gasteiger partial charge is 0.337 e. The summed E-state index contributed by atoms with van der Waals surface area (Å²) in [5.74, 6) is -1.90. The number of rotatable bonds is 5. The molecular weight excluding hydrogens is 382 g/mol. The lowest BCUT2D eigenvalue weighted by Crippen LogP contribution is -2.49. The molecule has 0 bridgehead atoms. The normalized spacial score (nSPS) is 23.8. The number of esters is 1. The molecule has 3 amide bonds. The highest BCUT2D eigenvalue weighted by Crippen LogP contribution is 2.42. The fourth-order valence-corrected chi connectivity index (χ4v) is 4.21. The zero-order valence-corrected chi connectivity index (χ0v) is 16.8. The zero-order valence-electron chi connectivity index (χ0n) is 16.0. The molecule has 2 heterocycles. The molecule has 2 aliphatic heterocycles. The Bertz CT molecular complexity index is 862. The molecule has 0 unspecified atom stereocenters. The molecule has 10 heteroatoms. The van der Waals surface area contributed by atoms with Crippen LogP contribution in [0.15, 0.2) is 21.9 Å². The molecule has 0 saturated heterocycles. The second-order valence-corrected chi connectivity index (χ2v) is 7.80. The van der Waals surface area contributed by atoms with Crippen LogP contribution in [0.3, 0.4) is 0 Å². The summed E-state index contributed by atoms with van der Waals surface area (Å²) in [4.78, 5) is 36.4. The molecule has 0 spiro atoms.